The van der Waals surface area contributed by atoms with Crippen LogP contribution in [0, 0.1) is 6.92 Å². The van der Waals surface area contributed by atoms with E-state index in [-0.39, 0.29) is 12.2 Å². The van der Waals surface area contributed by atoms with Crippen LogP contribution in [0.1, 0.15) is 11.1 Å². The first-order chi connectivity index (χ1) is 18.9. The molecule has 1 aromatic heterocycles. The molecule has 1 heterocycles. The summed E-state index contributed by atoms with van der Waals surface area (Å²) < 4.78 is 16.1. The van der Waals surface area contributed by atoms with Crippen molar-refractivity contribution in [2.24, 2.45) is 0 Å². The fourth-order valence-electron chi connectivity index (χ4n) is 3.67. The van der Waals surface area contributed by atoms with Crippen LogP contribution in [0.4, 0.5) is 17.5 Å². The number of methoxy groups -OCH3 is 3. The van der Waals surface area contributed by atoms with E-state index >= 15 is 0 Å². The number of aliphatic hydroxyl groups is 4. The number of fused-ring (bicyclic) bond motifs is 1. The second-order valence-corrected chi connectivity index (χ2v) is 8.37. The fourth-order valence-corrected chi connectivity index (χ4v) is 3.67. The summed E-state index contributed by atoms with van der Waals surface area (Å²) in [7, 11) is 4.75. The van der Waals surface area contributed by atoms with E-state index in [1.54, 1.807) is 21.3 Å². The molecule has 0 unspecified atom stereocenters. The number of hydrogen-bond donors (Lipinski definition) is 8. The van der Waals surface area contributed by atoms with Gasteiger partial charge in [0.15, 0.2) is 23.9 Å². The Morgan fingerprint density at radius 3 is 2.10 bits per heavy atom. The van der Waals surface area contributed by atoms with E-state index in [9.17, 15) is 9.59 Å². The summed E-state index contributed by atoms with van der Waals surface area (Å²) in [5.74, 6) is 0.511. The number of carbonyl (C=O) groups is 2. The Balaban J connectivity index is 0.000000366. The number of carbonyl (C=O) groups excluding carboxylic acids is 1. The van der Waals surface area contributed by atoms with Gasteiger partial charge in [-0.15, -0.1) is 0 Å². The molecule has 3 aromatic rings. The molecule has 0 aliphatic heterocycles. The van der Waals surface area contributed by atoms with Crippen LogP contribution in [0.2, 0.25) is 0 Å². The molecule has 0 spiro atoms. The molecule has 10 N–H and O–H groups in total. The Kier molecular flexibility index (Phi) is 11.2. The number of nitrogens with two attached hydrogens (primary N) is 2. The summed E-state index contributed by atoms with van der Waals surface area (Å²) >= 11 is 0. The third-order valence-electron chi connectivity index (χ3n) is 5.84. The lowest BCUT2D eigenvalue weighted by molar-refractivity contribution is -0.163. The number of anilines is 3. The lowest BCUT2D eigenvalue weighted by Crippen LogP contribution is -2.48. The number of benzene rings is 2. The van der Waals surface area contributed by atoms with Gasteiger partial charge in [0, 0.05) is 29.8 Å². The van der Waals surface area contributed by atoms with Gasteiger partial charge in [-0.05, 0) is 24.1 Å². The zero-order valence-electron chi connectivity index (χ0n) is 22.2. The molecule has 0 radical (unpaired) electrons. The smallest absolute Gasteiger partial charge is 0.335 e. The normalized spacial score (nSPS) is 13.7. The van der Waals surface area contributed by atoms with Crippen LogP contribution in [-0.4, -0.2) is 93.5 Å². The van der Waals surface area contributed by atoms with Gasteiger partial charge < -0.3 is 61.3 Å². The predicted molar refractivity (Wildman–Crippen MR) is 144 cm³/mol. The van der Waals surface area contributed by atoms with Crippen LogP contribution >= 0.6 is 0 Å². The number of aromatic nitrogens is 2. The average molecular weight is 564 g/mol. The number of carboxylic acid groups (broad SMARTS) is 1. The summed E-state index contributed by atoms with van der Waals surface area (Å²) in [6, 6.07) is 7.60. The monoisotopic (exact) mass is 563 g/mol. The number of aliphatic carboxylic acids is 1. The molecule has 2 aromatic carbocycles. The highest BCUT2D eigenvalue weighted by Gasteiger charge is 2.34. The van der Waals surface area contributed by atoms with Crippen molar-refractivity contribution in [3.63, 3.8) is 0 Å². The van der Waals surface area contributed by atoms with Crippen molar-refractivity contribution in [1.82, 2.24) is 9.97 Å². The Hall–Kier alpha value is -4.44. The van der Waals surface area contributed by atoms with E-state index in [4.69, 9.17) is 51.2 Å². The molecule has 4 atom stereocenters. The Bertz CT molecular complexity index is 1310. The van der Waals surface area contributed by atoms with E-state index in [1.165, 1.54) is 0 Å². The molecule has 0 fully saturated rings. The summed E-state index contributed by atoms with van der Waals surface area (Å²) in [5, 5.41) is 47.4. The topological polar surface area (TPSA) is 253 Å². The molecule has 0 aliphatic carbocycles. The number of nitrogens with one attached hydrogen (secondary N) is 1. The van der Waals surface area contributed by atoms with E-state index < -0.39 is 30.4 Å². The van der Waals surface area contributed by atoms with Crippen molar-refractivity contribution < 1.29 is 49.3 Å². The zero-order valence-corrected chi connectivity index (χ0v) is 22.2. The number of nitrogens with zero attached hydrogens (tertiary/aromatic N) is 2. The first-order valence-corrected chi connectivity index (χ1v) is 11.6. The van der Waals surface area contributed by atoms with E-state index in [1.807, 2.05) is 31.2 Å². The second-order valence-electron chi connectivity index (χ2n) is 8.37. The zero-order chi connectivity index (χ0) is 30.1. The number of carboxylic acids is 1. The van der Waals surface area contributed by atoms with Gasteiger partial charge in [0.25, 0.3) is 0 Å². The molecular weight excluding hydrogens is 530 g/mol. The number of aldehydes is 1. The standard InChI is InChI=1S/C19H23N5O3.C6H10O7/c1-10-11(5-6-13-16(10)18(20)24-19(21)23-13)9-22-12-7-14(25-2)17(27-4)15(8-12)26-3;7-1-2(8)3(9)4(10)5(11)6(12)13/h5-8,22H,9H2,1-4H3,(H4,20,21,23,24);1-5,8-11H,(H,12,13)/t;2-,3+,4-,5-/m.0/s1. The quantitative estimate of drug-likeness (QED) is 0.136. The third kappa shape index (κ3) is 7.35. The van der Waals surface area contributed by atoms with E-state index in [0.29, 0.717) is 29.6 Å². The summed E-state index contributed by atoms with van der Waals surface area (Å²) in [4.78, 5) is 28.3. The van der Waals surface area contributed by atoms with Crippen LogP contribution < -0.4 is 31.0 Å². The van der Waals surface area contributed by atoms with Gasteiger partial charge >= 0.3 is 5.97 Å². The van der Waals surface area contributed by atoms with Crippen LogP contribution in [0.5, 0.6) is 17.2 Å². The summed E-state index contributed by atoms with van der Waals surface area (Å²) in [6.07, 6.45) is -8.39. The molecule has 0 aliphatic rings. The average Bonchev–Trinajstić information content (AvgIpc) is 2.94. The maximum absolute atomic E-state index is 10.1. The first kappa shape index (κ1) is 31.8. The number of hydrogen-bond acceptors (Lipinski definition) is 14. The van der Waals surface area contributed by atoms with Crippen LogP contribution in [0.15, 0.2) is 24.3 Å². The van der Waals surface area contributed by atoms with Crippen LogP contribution in [-0.2, 0) is 16.1 Å². The van der Waals surface area contributed by atoms with Gasteiger partial charge in [0.2, 0.25) is 11.7 Å². The molecule has 0 saturated heterocycles. The number of ether oxygens (including phenoxy) is 3. The molecule has 3 rings (SSSR count). The molecule has 0 bridgehead atoms. The van der Waals surface area contributed by atoms with Crippen LogP contribution in [0.3, 0.4) is 0 Å². The van der Waals surface area contributed by atoms with Gasteiger partial charge in [-0.1, -0.05) is 6.07 Å². The minimum Gasteiger partial charge on any atom is -0.493 e. The Morgan fingerprint density at radius 1 is 1.00 bits per heavy atom. The summed E-state index contributed by atoms with van der Waals surface area (Å²) in [6.45, 7) is 2.56. The Labute approximate surface area is 228 Å². The van der Waals surface area contributed by atoms with Gasteiger partial charge in [-0.2, -0.15) is 4.98 Å². The first-order valence-electron chi connectivity index (χ1n) is 11.6. The minimum absolute atomic E-state index is 0.0809. The second kappa shape index (κ2) is 14.1. The van der Waals surface area contributed by atoms with Crippen LogP contribution in [0.25, 0.3) is 10.9 Å². The molecule has 15 nitrogen and oxygen atoms in total. The SMILES string of the molecule is COc1cc(NCc2ccc3nc(N)nc(N)c3c2C)cc(OC)c1OC.O=C[C@H](O)[C@@H](O)[C@H](O)[C@H](O)C(=O)O. The highest BCUT2D eigenvalue weighted by atomic mass is 16.5. The Morgan fingerprint density at radius 2 is 1.60 bits per heavy atom. The van der Waals surface area contributed by atoms with Gasteiger partial charge in [-0.25, -0.2) is 9.78 Å². The van der Waals surface area contributed by atoms with Crippen molar-refractivity contribution in [3.8, 4) is 17.2 Å². The van der Waals surface area contributed by atoms with Gasteiger partial charge in [0.1, 0.15) is 24.1 Å². The molecule has 40 heavy (non-hydrogen) atoms. The van der Waals surface area contributed by atoms with Crippen molar-refractivity contribution in [2.45, 2.75) is 37.9 Å². The number of aliphatic hydroxyl groups excluding tert-OH is 4. The number of rotatable bonds is 11. The molecule has 0 amide bonds. The lowest BCUT2D eigenvalue weighted by Gasteiger charge is -2.21. The van der Waals surface area contributed by atoms with Crippen molar-refractivity contribution >= 4 is 40.6 Å². The predicted octanol–water partition coefficient (Wildman–Crippen LogP) is -0.546. The molecule has 15 heteroatoms. The van der Waals surface area contributed by atoms with Crippen molar-refractivity contribution in [3.05, 3.63) is 35.4 Å². The molecule has 218 valence electrons. The maximum atomic E-state index is 10.1. The van der Waals surface area contributed by atoms with Crippen molar-refractivity contribution in [2.75, 3.05) is 38.1 Å². The minimum atomic E-state index is -2.25. The van der Waals surface area contributed by atoms with Gasteiger partial charge in [-0.3, -0.25) is 0 Å². The van der Waals surface area contributed by atoms with E-state index in [2.05, 4.69) is 15.3 Å². The van der Waals surface area contributed by atoms with Gasteiger partial charge in [0.05, 0.1) is 26.8 Å². The number of nitrogen functional groups attached to an aromatic ring is 2. The number of aryl methyl sites for hydroxylation is 1. The maximum Gasteiger partial charge on any atom is 0.335 e. The summed E-state index contributed by atoms with van der Waals surface area (Å²) in [5.41, 5.74) is 15.4. The third-order valence-corrected chi connectivity index (χ3v) is 5.84. The molecular formula is C25H33N5O10. The van der Waals surface area contributed by atoms with E-state index in [0.717, 1.165) is 27.7 Å². The fraction of sp³-hybridized carbons (Fsp3) is 0.360. The highest BCUT2D eigenvalue weighted by molar-refractivity contribution is 5.92. The highest BCUT2D eigenvalue weighted by Crippen LogP contribution is 2.40. The van der Waals surface area contributed by atoms with Crippen molar-refractivity contribution in [1.29, 1.82) is 0 Å². The molecule has 0 saturated carbocycles. The largest absolute Gasteiger partial charge is 0.493 e. The lowest BCUT2D eigenvalue weighted by atomic mass is 10.0.